The average Bonchev–Trinajstić information content (AvgIpc) is 2.91. The summed E-state index contributed by atoms with van der Waals surface area (Å²) in [7, 11) is 1.27. The van der Waals surface area contributed by atoms with E-state index < -0.39 is 11.8 Å². The number of esters is 1. The Kier molecular flexibility index (Phi) is 3.80. The number of aromatic nitrogens is 2. The normalized spacial score (nSPS) is 11.0. The number of carbonyl (C=O) groups is 1. The summed E-state index contributed by atoms with van der Waals surface area (Å²) in [6, 6.07) is 6.72. The van der Waals surface area contributed by atoms with Crippen LogP contribution >= 0.6 is 0 Å². The van der Waals surface area contributed by atoms with Crippen LogP contribution in [-0.2, 0) is 4.74 Å². The Morgan fingerprint density at radius 2 is 2.38 bits per heavy atom. The molecule has 0 saturated heterocycles. The van der Waals surface area contributed by atoms with Crippen molar-refractivity contribution < 1.29 is 9.53 Å². The van der Waals surface area contributed by atoms with E-state index in [2.05, 4.69) is 25.5 Å². The maximum absolute atomic E-state index is 11.6. The zero-order chi connectivity index (χ0) is 15.4. The highest BCUT2D eigenvalue weighted by molar-refractivity contribution is 6.45. The lowest BCUT2D eigenvalue weighted by molar-refractivity contribution is 0.0596. The molecular weight excluding hydrogens is 274 g/mol. The van der Waals surface area contributed by atoms with Crippen molar-refractivity contribution in [3.05, 3.63) is 23.9 Å². The predicted molar refractivity (Wildman–Crippen MR) is 76.0 cm³/mol. The number of ether oxygens (including phenoxy) is 1. The lowest BCUT2D eigenvalue weighted by Gasteiger charge is -2.02. The van der Waals surface area contributed by atoms with Gasteiger partial charge in [0.15, 0.2) is 11.5 Å². The quantitative estimate of drug-likeness (QED) is 0.279. The molecule has 5 N–H and O–H groups in total. The SMILES string of the molecule is COC(=O)c1[nH]nc2c(N/N=C(\C#N)C(=N)N)cccc12. The van der Waals surface area contributed by atoms with E-state index in [4.69, 9.17) is 16.4 Å². The first-order chi connectivity index (χ1) is 10.1. The van der Waals surface area contributed by atoms with E-state index in [0.717, 1.165) is 0 Å². The fraction of sp³-hybridized carbons (Fsp3) is 0.0833. The summed E-state index contributed by atoms with van der Waals surface area (Å²) < 4.78 is 4.64. The summed E-state index contributed by atoms with van der Waals surface area (Å²) in [6.07, 6.45) is 0. The molecular formula is C12H11N7O2. The van der Waals surface area contributed by atoms with E-state index in [0.29, 0.717) is 16.6 Å². The number of nitrogens with two attached hydrogens (primary N) is 1. The highest BCUT2D eigenvalue weighted by atomic mass is 16.5. The number of hydrazone groups is 1. The number of nitrogens with one attached hydrogen (secondary N) is 3. The van der Waals surface area contributed by atoms with Crippen LogP contribution in [0.1, 0.15) is 10.5 Å². The van der Waals surface area contributed by atoms with E-state index in [1.165, 1.54) is 7.11 Å². The van der Waals surface area contributed by atoms with Gasteiger partial charge in [0, 0.05) is 5.39 Å². The summed E-state index contributed by atoms with van der Waals surface area (Å²) in [6.45, 7) is 0. The van der Waals surface area contributed by atoms with Crippen LogP contribution in [0.4, 0.5) is 5.69 Å². The molecule has 1 aromatic heterocycles. The molecule has 1 heterocycles. The second kappa shape index (κ2) is 5.70. The molecule has 0 unspecified atom stereocenters. The number of nitriles is 1. The number of amidine groups is 1. The minimum atomic E-state index is -0.542. The van der Waals surface area contributed by atoms with E-state index in [1.807, 2.05) is 0 Å². The second-order valence-electron chi connectivity index (χ2n) is 3.89. The third kappa shape index (κ3) is 2.64. The van der Waals surface area contributed by atoms with Crippen molar-refractivity contribution >= 4 is 34.1 Å². The largest absolute Gasteiger partial charge is 0.464 e. The number of carbonyl (C=O) groups excluding carboxylic acids is 1. The average molecular weight is 285 g/mol. The van der Waals surface area contributed by atoms with Crippen LogP contribution in [-0.4, -0.2) is 34.8 Å². The van der Waals surface area contributed by atoms with Gasteiger partial charge < -0.3 is 10.5 Å². The number of H-pyrrole nitrogens is 1. The van der Waals surface area contributed by atoms with Gasteiger partial charge in [0.25, 0.3) is 0 Å². The number of para-hydroxylation sites is 1. The highest BCUT2D eigenvalue weighted by Crippen LogP contribution is 2.24. The van der Waals surface area contributed by atoms with Crippen molar-refractivity contribution in [1.82, 2.24) is 10.2 Å². The zero-order valence-corrected chi connectivity index (χ0v) is 11.0. The number of nitrogens with zero attached hydrogens (tertiary/aromatic N) is 3. The number of benzene rings is 1. The number of fused-ring (bicyclic) bond motifs is 1. The number of hydrogen-bond acceptors (Lipinski definition) is 7. The number of aromatic amines is 1. The Morgan fingerprint density at radius 1 is 1.62 bits per heavy atom. The summed E-state index contributed by atoms with van der Waals surface area (Å²) in [4.78, 5) is 11.6. The molecule has 2 rings (SSSR count). The third-order valence-corrected chi connectivity index (χ3v) is 2.62. The van der Waals surface area contributed by atoms with Crippen LogP contribution in [0, 0.1) is 16.7 Å². The van der Waals surface area contributed by atoms with Gasteiger partial charge in [-0.1, -0.05) is 12.1 Å². The first-order valence-electron chi connectivity index (χ1n) is 5.72. The number of methoxy groups -OCH3 is 1. The van der Waals surface area contributed by atoms with E-state index in [1.54, 1.807) is 24.3 Å². The molecule has 0 bridgehead atoms. The van der Waals surface area contributed by atoms with Gasteiger partial charge in [0.2, 0.25) is 5.71 Å². The lowest BCUT2D eigenvalue weighted by atomic mass is 10.2. The number of anilines is 1. The van der Waals surface area contributed by atoms with Crippen LogP contribution in [0.15, 0.2) is 23.3 Å². The molecule has 0 atom stereocenters. The topological polar surface area (TPSA) is 153 Å². The summed E-state index contributed by atoms with van der Waals surface area (Å²) in [5.41, 5.74) is 8.65. The maximum atomic E-state index is 11.6. The van der Waals surface area contributed by atoms with Crippen molar-refractivity contribution in [2.75, 3.05) is 12.5 Å². The van der Waals surface area contributed by atoms with Gasteiger partial charge >= 0.3 is 5.97 Å². The molecule has 106 valence electrons. The Bertz CT molecular complexity index is 784. The number of rotatable bonds is 4. The van der Waals surface area contributed by atoms with Crippen molar-refractivity contribution in [3.8, 4) is 6.07 Å². The van der Waals surface area contributed by atoms with Crippen LogP contribution in [0.25, 0.3) is 10.9 Å². The van der Waals surface area contributed by atoms with Gasteiger partial charge in [-0.3, -0.25) is 15.9 Å². The van der Waals surface area contributed by atoms with E-state index in [-0.39, 0.29) is 11.4 Å². The third-order valence-electron chi connectivity index (χ3n) is 2.62. The predicted octanol–water partition coefficient (Wildman–Crippen LogP) is 0.577. The van der Waals surface area contributed by atoms with Gasteiger partial charge in [-0.05, 0) is 6.07 Å². The molecule has 0 aliphatic carbocycles. The van der Waals surface area contributed by atoms with Gasteiger partial charge in [0.1, 0.15) is 11.6 Å². The lowest BCUT2D eigenvalue weighted by Crippen LogP contribution is -2.21. The Hall–Kier alpha value is -3.41. The first kappa shape index (κ1) is 14.0. The van der Waals surface area contributed by atoms with E-state index >= 15 is 0 Å². The highest BCUT2D eigenvalue weighted by Gasteiger charge is 2.15. The summed E-state index contributed by atoms with van der Waals surface area (Å²) in [5, 5.41) is 26.8. The van der Waals surface area contributed by atoms with Crippen LogP contribution < -0.4 is 11.2 Å². The molecule has 0 aliphatic rings. The van der Waals surface area contributed by atoms with Gasteiger partial charge in [0.05, 0.1) is 12.8 Å². The molecule has 1 aromatic carbocycles. The van der Waals surface area contributed by atoms with Crippen LogP contribution in [0.2, 0.25) is 0 Å². The molecule has 9 heteroatoms. The smallest absolute Gasteiger partial charge is 0.356 e. The standard InChI is InChI=1S/C12H11N7O2/c1-21-12(20)10-6-3-2-4-7(9(6)18-19-10)16-17-8(5-13)11(14)15/h2-4,16H,1H3,(H3,14,15)(H,18,19)/b17-8+. The van der Waals surface area contributed by atoms with Crippen LogP contribution in [0.5, 0.6) is 0 Å². The number of hydrogen-bond donors (Lipinski definition) is 4. The van der Waals surface area contributed by atoms with Gasteiger partial charge in [-0.15, -0.1) is 0 Å². The molecule has 0 saturated carbocycles. The molecule has 2 aromatic rings. The van der Waals surface area contributed by atoms with Crippen molar-refractivity contribution in [3.63, 3.8) is 0 Å². The van der Waals surface area contributed by atoms with Crippen molar-refractivity contribution in [1.29, 1.82) is 10.7 Å². The molecule has 21 heavy (non-hydrogen) atoms. The van der Waals surface area contributed by atoms with Crippen molar-refractivity contribution in [2.24, 2.45) is 10.8 Å². The van der Waals surface area contributed by atoms with Gasteiger partial charge in [-0.25, -0.2) is 4.79 Å². The maximum Gasteiger partial charge on any atom is 0.356 e. The van der Waals surface area contributed by atoms with Gasteiger partial charge in [-0.2, -0.15) is 15.5 Å². The molecule has 0 radical (unpaired) electrons. The molecule has 0 aliphatic heterocycles. The minimum Gasteiger partial charge on any atom is -0.464 e. The zero-order valence-electron chi connectivity index (χ0n) is 11.0. The second-order valence-corrected chi connectivity index (χ2v) is 3.89. The Labute approximate surface area is 118 Å². The monoisotopic (exact) mass is 285 g/mol. The Balaban J connectivity index is 2.43. The van der Waals surface area contributed by atoms with Crippen LogP contribution in [0.3, 0.4) is 0 Å². The molecule has 0 amide bonds. The fourth-order valence-corrected chi connectivity index (χ4v) is 1.65. The minimum absolute atomic E-state index is 0.215. The summed E-state index contributed by atoms with van der Waals surface area (Å²) in [5.74, 6) is -0.992. The Morgan fingerprint density at radius 3 is 3.00 bits per heavy atom. The fourth-order valence-electron chi connectivity index (χ4n) is 1.65. The molecule has 9 nitrogen and oxygen atoms in total. The van der Waals surface area contributed by atoms with E-state index in [9.17, 15) is 4.79 Å². The molecule has 0 spiro atoms. The van der Waals surface area contributed by atoms with Crippen molar-refractivity contribution in [2.45, 2.75) is 0 Å². The summed E-state index contributed by atoms with van der Waals surface area (Å²) >= 11 is 0. The molecule has 0 fully saturated rings. The first-order valence-corrected chi connectivity index (χ1v) is 5.72.